The second-order valence-corrected chi connectivity index (χ2v) is 5.80. The van der Waals surface area contributed by atoms with E-state index < -0.39 is 10.8 Å². The average Bonchev–Trinajstić information content (AvgIpc) is 2.29. The Bertz CT molecular complexity index is 398. The van der Waals surface area contributed by atoms with Crippen molar-refractivity contribution in [1.82, 2.24) is 0 Å². The van der Waals surface area contributed by atoms with E-state index in [1.165, 1.54) is 0 Å². The molecule has 0 bridgehead atoms. The molecule has 0 fully saturated rings. The van der Waals surface area contributed by atoms with Crippen molar-refractivity contribution in [2.75, 3.05) is 6.61 Å². The van der Waals surface area contributed by atoms with E-state index >= 15 is 0 Å². The molecule has 3 nitrogen and oxygen atoms in total. The lowest BCUT2D eigenvalue weighted by Gasteiger charge is -2.10. The molecule has 0 heterocycles. The second-order valence-electron chi connectivity index (χ2n) is 3.93. The molecule has 0 saturated carbocycles. The number of carbonyl (C=O) groups excluding carboxylic acids is 1. The van der Waals surface area contributed by atoms with Gasteiger partial charge in [-0.3, -0.25) is 9.00 Å². The quantitative estimate of drug-likeness (QED) is 0.758. The van der Waals surface area contributed by atoms with Crippen molar-refractivity contribution in [3.05, 3.63) is 29.8 Å². The molecule has 0 radical (unpaired) electrons. The zero-order valence-corrected chi connectivity index (χ0v) is 11.3. The van der Waals surface area contributed by atoms with Crippen molar-refractivity contribution in [2.24, 2.45) is 0 Å². The molecule has 0 amide bonds. The molecular formula is C13H18O3S. The van der Waals surface area contributed by atoms with Gasteiger partial charge in [-0.25, -0.2) is 0 Å². The number of esters is 1. The molecule has 1 rings (SSSR count). The Balaban J connectivity index is 2.63. The molecule has 0 aliphatic heterocycles. The van der Waals surface area contributed by atoms with Gasteiger partial charge in [-0.1, -0.05) is 17.7 Å². The fraction of sp³-hybridized carbons (Fsp3) is 0.462. The largest absolute Gasteiger partial charge is 0.466 e. The molecule has 0 aliphatic carbocycles. The van der Waals surface area contributed by atoms with Gasteiger partial charge in [-0.15, -0.1) is 0 Å². The van der Waals surface area contributed by atoms with E-state index in [1.54, 1.807) is 13.8 Å². The summed E-state index contributed by atoms with van der Waals surface area (Å²) in [5.74, 6) is -0.291. The lowest BCUT2D eigenvalue weighted by atomic mass is 10.2. The van der Waals surface area contributed by atoms with E-state index in [4.69, 9.17) is 4.74 Å². The van der Waals surface area contributed by atoms with Crippen LogP contribution in [-0.4, -0.2) is 22.0 Å². The molecule has 0 spiro atoms. The molecule has 0 saturated heterocycles. The minimum absolute atomic E-state index is 0.189. The third-order valence-corrected chi connectivity index (χ3v) is 4.01. The van der Waals surface area contributed by atoms with E-state index in [1.807, 2.05) is 31.2 Å². The fourth-order valence-electron chi connectivity index (χ4n) is 1.44. The topological polar surface area (TPSA) is 43.4 Å². The Morgan fingerprint density at radius 2 is 1.94 bits per heavy atom. The van der Waals surface area contributed by atoms with Crippen LogP contribution >= 0.6 is 0 Å². The van der Waals surface area contributed by atoms with Crippen molar-refractivity contribution in [2.45, 2.75) is 37.3 Å². The predicted octanol–water partition coefficient (Wildman–Crippen LogP) is 2.44. The molecule has 94 valence electrons. The number of rotatable bonds is 5. The highest BCUT2D eigenvalue weighted by atomic mass is 32.2. The lowest BCUT2D eigenvalue weighted by molar-refractivity contribution is -0.143. The summed E-state index contributed by atoms with van der Waals surface area (Å²) < 4.78 is 16.9. The number of benzene rings is 1. The first-order chi connectivity index (χ1) is 8.04. The standard InChI is InChI=1S/C13H18O3S/c1-4-16-13(14)9-11(3)17(15)12-7-5-10(2)6-8-12/h5-8,11H,4,9H2,1-3H3. The van der Waals surface area contributed by atoms with E-state index in [2.05, 4.69) is 0 Å². The summed E-state index contributed by atoms with van der Waals surface area (Å²) in [6.45, 7) is 5.91. The maximum Gasteiger partial charge on any atom is 0.306 e. The molecule has 2 unspecified atom stereocenters. The van der Waals surface area contributed by atoms with Crippen molar-refractivity contribution in [3.63, 3.8) is 0 Å². The van der Waals surface area contributed by atoms with Crippen LogP contribution in [0.5, 0.6) is 0 Å². The van der Waals surface area contributed by atoms with Gasteiger partial charge in [-0.2, -0.15) is 0 Å². The Morgan fingerprint density at radius 3 is 2.47 bits per heavy atom. The SMILES string of the molecule is CCOC(=O)CC(C)S(=O)c1ccc(C)cc1. The first-order valence-corrected chi connectivity index (χ1v) is 6.88. The highest BCUT2D eigenvalue weighted by molar-refractivity contribution is 7.85. The zero-order chi connectivity index (χ0) is 12.8. The van der Waals surface area contributed by atoms with Crippen molar-refractivity contribution < 1.29 is 13.7 Å². The maximum atomic E-state index is 12.1. The highest BCUT2D eigenvalue weighted by Gasteiger charge is 2.17. The summed E-state index contributed by atoms with van der Waals surface area (Å²) in [5.41, 5.74) is 1.13. The molecule has 1 aromatic carbocycles. The number of carbonyl (C=O) groups is 1. The van der Waals surface area contributed by atoms with E-state index in [0.29, 0.717) is 6.61 Å². The fourth-order valence-corrected chi connectivity index (χ4v) is 2.59. The molecule has 0 N–H and O–H groups in total. The van der Waals surface area contributed by atoms with E-state index in [0.717, 1.165) is 10.5 Å². The minimum Gasteiger partial charge on any atom is -0.466 e. The van der Waals surface area contributed by atoms with E-state index in [9.17, 15) is 9.00 Å². The number of ether oxygens (including phenoxy) is 1. The normalized spacial score (nSPS) is 14.1. The van der Waals surface area contributed by atoms with Crippen LogP contribution < -0.4 is 0 Å². The number of aryl methyl sites for hydroxylation is 1. The Labute approximate surface area is 105 Å². The van der Waals surface area contributed by atoms with Gasteiger partial charge in [0.2, 0.25) is 0 Å². The van der Waals surface area contributed by atoms with Crippen molar-refractivity contribution in [3.8, 4) is 0 Å². The van der Waals surface area contributed by atoms with Gasteiger partial charge in [0.25, 0.3) is 0 Å². The van der Waals surface area contributed by atoms with Crippen LogP contribution in [0.4, 0.5) is 0 Å². The first kappa shape index (κ1) is 13.9. The van der Waals surface area contributed by atoms with Crippen LogP contribution in [0.1, 0.15) is 25.8 Å². The monoisotopic (exact) mass is 254 g/mol. The van der Waals surface area contributed by atoms with Crippen LogP contribution in [0.25, 0.3) is 0 Å². The predicted molar refractivity (Wildman–Crippen MR) is 68.3 cm³/mol. The summed E-state index contributed by atoms with van der Waals surface area (Å²) in [6.07, 6.45) is 0.189. The highest BCUT2D eigenvalue weighted by Crippen LogP contribution is 2.14. The van der Waals surface area contributed by atoms with Gasteiger partial charge in [0, 0.05) is 10.1 Å². The van der Waals surface area contributed by atoms with Gasteiger partial charge in [0.15, 0.2) is 0 Å². The molecular weight excluding hydrogens is 236 g/mol. The zero-order valence-electron chi connectivity index (χ0n) is 10.4. The molecule has 2 atom stereocenters. The Morgan fingerprint density at radius 1 is 1.35 bits per heavy atom. The van der Waals surface area contributed by atoms with Gasteiger partial charge < -0.3 is 4.74 Å². The van der Waals surface area contributed by atoms with Crippen molar-refractivity contribution >= 4 is 16.8 Å². The maximum absolute atomic E-state index is 12.1. The summed E-state index contributed by atoms with van der Waals surface area (Å²) in [5, 5.41) is -0.225. The summed E-state index contributed by atoms with van der Waals surface area (Å²) >= 11 is 0. The van der Waals surface area contributed by atoms with Crippen LogP contribution in [0.2, 0.25) is 0 Å². The van der Waals surface area contributed by atoms with Crippen LogP contribution in [-0.2, 0) is 20.3 Å². The van der Waals surface area contributed by atoms with Gasteiger partial charge in [0.1, 0.15) is 0 Å². The van der Waals surface area contributed by atoms with Gasteiger partial charge in [0.05, 0.1) is 23.8 Å². The summed E-state index contributed by atoms with van der Waals surface area (Å²) in [7, 11) is -1.16. The third-order valence-electron chi connectivity index (χ3n) is 2.38. The minimum atomic E-state index is -1.16. The molecule has 17 heavy (non-hydrogen) atoms. The van der Waals surface area contributed by atoms with Gasteiger partial charge >= 0.3 is 5.97 Å². The van der Waals surface area contributed by atoms with E-state index in [-0.39, 0.29) is 17.6 Å². The van der Waals surface area contributed by atoms with Crippen LogP contribution in [0.3, 0.4) is 0 Å². The molecule has 0 aromatic heterocycles. The van der Waals surface area contributed by atoms with Crippen LogP contribution in [0, 0.1) is 6.92 Å². The van der Waals surface area contributed by atoms with Gasteiger partial charge in [-0.05, 0) is 32.9 Å². The van der Waals surface area contributed by atoms with Crippen LogP contribution in [0.15, 0.2) is 29.2 Å². The summed E-state index contributed by atoms with van der Waals surface area (Å²) in [6, 6.07) is 7.52. The molecule has 4 heteroatoms. The third kappa shape index (κ3) is 4.30. The number of hydrogen-bond acceptors (Lipinski definition) is 3. The lowest BCUT2D eigenvalue weighted by Crippen LogP contribution is -2.18. The molecule has 0 aliphatic rings. The van der Waals surface area contributed by atoms with Crippen molar-refractivity contribution in [1.29, 1.82) is 0 Å². The average molecular weight is 254 g/mol. The smallest absolute Gasteiger partial charge is 0.306 e. The Kier molecular flexibility index (Phi) is 5.35. The first-order valence-electron chi connectivity index (χ1n) is 5.67. The Hall–Kier alpha value is -1.16. The number of hydrogen-bond donors (Lipinski definition) is 0. The second kappa shape index (κ2) is 6.55. The molecule has 1 aromatic rings. The summed E-state index contributed by atoms with van der Waals surface area (Å²) in [4.78, 5) is 12.0.